The topological polar surface area (TPSA) is 60.9 Å². The average molecular weight is 304 g/mol. The number of rotatable bonds is 4. The van der Waals surface area contributed by atoms with Crippen LogP contribution < -0.4 is 0 Å². The molecule has 19 heavy (non-hydrogen) atoms. The Morgan fingerprint density at radius 2 is 1.95 bits per heavy atom. The Bertz CT molecular complexity index is 517. The van der Waals surface area contributed by atoms with E-state index in [4.69, 9.17) is 5.11 Å². The van der Waals surface area contributed by atoms with Crippen LogP contribution in [0.3, 0.4) is 0 Å². The fourth-order valence-corrected chi connectivity index (χ4v) is 4.93. The second-order valence-electron chi connectivity index (χ2n) is 4.97. The van der Waals surface area contributed by atoms with Crippen LogP contribution >= 0.6 is 11.3 Å². The molecule has 5 nitrogen and oxygen atoms in total. The lowest BCUT2D eigenvalue weighted by atomic mass is 10.3. The molecule has 0 unspecified atom stereocenters. The predicted octanol–water partition coefficient (Wildman–Crippen LogP) is 0.955. The van der Waals surface area contributed by atoms with Crippen LogP contribution in [-0.2, 0) is 16.6 Å². The van der Waals surface area contributed by atoms with Crippen molar-refractivity contribution >= 4 is 21.4 Å². The van der Waals surface area contributed by atoms with E-state index in [2.05, 4.69) is 18.7 Å². The first-order valence-electron chi connectivity index (χ1n) is 6.37. The van der Waals surface area contributed by atoms with Crippen LogP contribution in [0.25, 0.3) is 0 Å². The molecule has 0 saturated carbocycles. The highest BCUT2D eigenvalue weighted by Gasteiger charge is 2.30. The highest BCUT2D eigenvalue weighted by atomic mass is 32.2. The first-order chi connectivity index (χ1) is 8.95. The van der Waals surface area contributed by atoms with E-state index in [0.717, 1.165) is 13.1 Å². The summed E-state index contributed by atoms with van der Waals surface area (Å²) in [5.74, 6) is 0. The number of nitrogens with zero attached hydrogens (tertiary/aromatic N) is 2. The number of thiophene rings is 1. The van der Waals surface area contributed by atoms with E-state index in [1.807, 2.05) is 0 Å². The van der Waals surface area contributed by atoms with Gasteiger partial charge in [-0.3, -0.25) is 4.90 Å². The maximum absolute atomic E-state index is 12.4. The quantitative estimate of drug-likeness (QED) is 0.900. The van der Waals surface area contributed by atoms with Gasteiger partial charge in [0.25, 0.3) is 10.0 Å². The molecule has 108 valence electrons. The number of aliphatic hydroxyl groups is 1. The standard InChI is InChI=1S/C12H20N2O3S2/c1-10(2)13-3-5-14(6-4-13)19(16,17)12-7-11(8-15)9-18-12/h7,9-10,15H,3-6,8H2,1-2H3. The Kier molecular flexibility index (Phi) is 4.62. The van der Waals surface area contributed by atoms with E-state index in [9.17, 15) is 8.42 Å². The van der Waals surface area contributed by atoms with Crippen LogP contribution in [0, 0.1) is 0 Å². The van der Waals surface area contributed by atoms with Crippen molar-refractivity contribution in [2.75, 3.05) is 26.2 Å². The van der Waals surface area contributed by atoms with Crippen molar-refractivity contribution in [3.8, 4) is 0 Å². The van der Waals surface area contributed by atoms with E-state index in [1.165, 1.54) is 11.3 Å². The fraction of sp³-hybridized carbons (Fsp3) is 0.667. The summed E-state index contributed by atoms with van der Waals surface area (Å²) in [5.41, 5.74) is 0.657. The zero-order valence-electron chi connectivity index (χ0n) is 11.2. The maximum Gasteiger partial charge on any atom is 0.252 e. The molecule has 1 aliphatic heterocycles. The summed E-state index contributed by atoms with van der Waals surface area (Å²) in [6.45, 7) is 6.74. The summed E-state index contributed by atoms with van der Waals surface area (Å²) in [4.78, 5) is 2.28. The monoisotopic (exact) mass is 304 g/mol. The maximum atomic E-state index is 12.4. The van der Waals surface area contributed by atoms with Gasteiger partial charge in [-0.05, 0) is 30.9 Å². The van der Waals surface area contributed by atoms with Gasteiger partial charge in [0.2, 0.25) is 0 Å². The molecule has 1 aromatic rings. The highest BCUT2D eigenvalue weighted by Crippen LogP contribution is 2.25. The van der Waals surface area contributed by atoms with E-state index in [-0.39, 0.29) is 6.61 Å². The van der Waals surface area contributed by atoms with Crippen molar-refractivity contribution in [2.45, 2.75) is 30.7 Å². The largest absolute Gasteiger partial charge is 0.392 e. The smallest absolute Gasteiger partial charge is 0.252 e. The lowest BCUT2D eigenvalue weighted by molar-refractivity contribution is 0.154. The Balaban J connectivity index is 2.09. The first kappa shape index (κ1) is 14.9. The summed E-state index contributed by atoms with van der Waals surface area (Å²) < 4.78 is 26.7. The van der Waals surface area contributed by atoms with Crippen LogP contribution in [0.5, 0.6) is 0 Å². The van der Waals surface area contributed by atoms with Gasteiger partial charge in [0.05, 0.1) is 6.61 Å². The normalized spacial score (nSPS) is 19.2. The molecule has 1 aliphatic rings. The Hall–Kier alpha value is -0.470. The van der Waals surface area contributed by atoms with E-state index >= 15 is 0 Å². The molecular weight excluding hydrogens is 284 g/mol. The molecule has 1 aromatic heterocycles. The van der Waals surface area contributed by atoms with Crippen LogP contribution in [-0.4, -0.2) is 55.0 Å². The third-order valence-electron chi connectivity index (χ3n) is 3.41. The third kappa shape index (κ3) is 3.17. The number of hydrogen-bond acceptors (Lipinski definition) is 5. The second kappa shape index (κ2) is 5.88. The molecule has 0 radical (unpaired) electrons. The number of piperazine rings is 1. The SMILES string of the molecule is CC(C)N1CCN(S(=O)(=O)c2cc(CO)cs2)CC1. The summed E-state index contributed by atoms with van der Waals surface area (Å²) in [5, 5.41) is 10.7. The van der Waals surface area contributed by atoms with E-state index in [1.54, 1.807) is 15.8 Å². The Morgan fingerprint density at radius 3 is 2.42 bits per heavy atom. The molecule has 0 aromatic carbocycles. The van der Waals surface area contributed by atoms with Gasteiger partial charge in [0, 0.05) is 32.2 Å². The van der Waals surface area contributed by atoms with Gasteiger partial charge in [-0.2, -0.15) is 4.31 Å². The van der Waals surface area contributed by atoms with Gasteiger partial charge in [-0.25, -0.2) is 8.42 Å². The lowest BCUT2D eigenvalue weighted by Gasteiger charge is -2.35. The number of hydrogen-bond donors (Lipinski definition) is 1. The van der Waals surface area contributed by atoms with Crippen molar-refractivity contribution in [2.24, 2.45) is 0 Å². The Morgan fingerprint density at radius 1 is 1.32 bits per heavy atom. The zero-order chi connectivity index (χ0) is 14.0. The summed E-state index contributed by atoms with van der Waals surface area (Å²) in [6.07, 6.45) is 0. The molecule has 7 heteroatoms. The fourth-order valence-electron chi connectivity index (χ4n) is 2.16. The second-order valence-corrected chi connectivity index (χ2v) is 8.04. The van der Waals surface area contributed by atoms with E-state index in [0.29, 0.717) is 28.9 Å². The number of aliphatic hydroxyl groups excluding tert-OH is 1. The highest BCUT2D eigenvalue weighted by molar-refractivity contribution is 7.91. The molecule has 2 rings (SSSR count). The van der Waals surface area contributed by atoms with Gasteiger partial charge < -0.3 is 5.11 Å². The number of sulfonamides is 1. The molecule has 1 fully saturated rings. The molecule has 0 spiro atoms. The summed E-state index contributed by atoms with van der Waals surface area (Å²) in [7, 11) is -3.39. The summed E-state index contributed by atoms with van der Waals surface area (Å²) in [6, 6.07) is 2.02. The van der Waals surface area contributed by atoms with Crippen LogP contribution in [0.2, 0.25) is 0 Å². The minimum atomic E-state index is -3.39. The van der Waals surface area contributed by atoms with Crippen molar-refractivity contribution in [1.82, 2.24) is 9.21 Å². The molecule has 2 heterocycles. The molecule has 1 saturated heterocycles. The van der Waals surface area contributed by atoms with E-state index < -0.39 is 10.0 Å². The van der Waals surface area contributed by atoms with Crippen molar-refractivity contribution < 1.29 is 13.5 Å². The molecule has 0 bridgehead atoms. The molecule has 0 amide bonds. The average Bonchev–Trinajstić information content (AvgIpc) is 2.88. The van der Waals surface area contributed by atoms with Crippen LogP contribution in [0.15, 0.2) is 15.7 Å². The zero-order valence-corrected chi connectivity index (χ0v) is 12.9. The molecular formula is C12H20N2O3S2. The van der Waals surface area contributed by atoms with Crippen LogP contribution in [0.4, 0.5) is 0 Å². The lowest BCUT2D eigenvalue weighted by Crippen LogP contribution is -2.50. The van der Waals surface area contributed by atoms with Crippen LogP contribution in [0.1, 0.15) is 19.4 Å². The molecule has 1 N–H and O–H groups in total. The molecule has 0 atom stereocenters. The minimum Gasteiger partial charge on any atom is -0.392 e. The van der Waals surface area contributed by atoms with Gasteiger partial charge in [0.1, 0.15) is 4.21 Å². The predicted molar refractivity (Wildman–Crippen MR) is 75.7 cm³/mol. The first-order valence-corrected chi connectivity index (χ1v) is 8.69. The van der Waals surface area contributed by atoms with Crippen molar-refractivity contribution in [1.29, 1.82) is 0 Å². The molecule has 0 aliphatic carbocycles. The van der Waals surface area contributed by atoms with Gasteiger partial charge in [-0.15, -0.1) is 11.3 Å². The Labute approximate surface area is 118 Å². The minimum absolute atomic E-state index is 0.118. The van der Waals surface area contributed by atoms with Gasteiger partial charge >= 0.3 is 0 Å². The van der Waals surface area contributed by atoms with Gasteiger partial charge in [-0.1, -0.05) is 0 Å². The van der Waals surface area contributed by atoms with Gasteiger partial charge in [0.15, 0.2) is 0 Å². The summed E-state index contributed by atoms with van der Waals surface area (Å²) >= 11 is 1.18. The third-order valence-corrected chi connectivity index (χ3v) is 6.77. The van der Waals surface area contributed by atoms with Crippen molar-refractivity contribution in [3.05, 3.63) is 17.0 Å². The van der Waals surface area contributed by atoms with Crippen molar-refractivity contribution in [3.63, 3.8) is 0 Å².